The first kappa shape index (κ1) is 14.9. The van der Waals surface area contributed by atoms with Crippen LogP contribution >= 0.6 is 0 Å². The van der Waals surface area contributed by atoms with E-state index in [0.29, 0.717) is 32.2 Å². The maximum atomic E-state index is 11.9. The first-order chi connectivity index (χ1) is 9.65. The molecule has 20 heavy (non-hydrogen) atoms. The second-order valence-corrected chi connectivity index (χ2v) is 5.30. The van der Waals surface area contributed by atoms with Crippen LogP contribution in [-0.2, 0) is 16.1 Å². The molecule has 2 rings (SSSR count). The quantitative estimate of drug-likeness (QED) is 0.788. The summed E-state index contributed by atoms with van der Waals surface area (Å²) >= 11 is 0. The molecule has 0 spiro atoms. The Labute approximate surface area is 119 Å². The van der Waals surface area contributed by atoms with Gasteiger partial charge in [0.15, 0.2) is 0 Å². The molecule has 1 saturated heterocycles. The Morgan fingerprint density at radius 2 is 2.40 bits per heavy atom. The fourth-order valence-corrected chi connectivity index (χ4v) is 2.28. The van der Waals surface area contributed by atoms with E-state index in [-0.39, 0.29) is 12.0 Å². The van der Waals surface area contributed by atoms with Crippen molar-refractivity contribution in [2.45, 2.75) is 39.0 Å². The van der Waals surface area contributed by atoms with E-state index in [2.05, 4.69) is 34.4 Å². The average Bonchev–Trinajstić information content (AvgIpc) is 2.92. The molecule has 1 amide bonds. The molecule has 2 heterocycles. The van der Waals surface area contributed by atoms with Gasteiger partial charge in [-0.3, -0.25) is 14.4 Å². The lowest BCUT2D eigenvalue weighted by Gasteiger charge is -2.35. The first-order valence-electron chi connectivity index (χ1n) is 7.11. The van der Waals surface area contributed by atoms with E-state index in [1.165, 1.54) is 0 Å². The fraction of sp³-hybridized carbons (Fsp3) is 0.769. The largest absolute Gasteiger partial charge is 0.375 e. The van der Waals surface area contributed by atoms with Gasteiger partial charge in [0.1, 0.15) is 0 Å². The molecule has 0 unspecified atom stereocenters. The number of hydrogen-bond acceptors (Lipinski definition) is 5. The minimum absolute atomic E-state index is 0.00230. The van der Waals surface area contributed by atoms with E-state index < -0.39 is 0 Å². The van der Waals surface area contributed by atoms with Crippen LogP contribution in [-0.4, -0.2) is 64.2 Å². The molecule has 1 atom stereocenters. The zero-order chi connectivity index (χ0) is 14.4. The highest BCUT2D eigenvalue weighted by Gasteiger charge is 2.24. The number of rotatable bonds is 6. The normalized spacial score (nSPS) is 20.2. The molecule has 1 aliphatic heterocycles. The van der Waals surface area contributed by atoms with Crippen LogP contribution < -0.4 is 5.32 Å². The third-order valence-corrected chi connectivity index (χ3v) is 3.45. The minimum Gasteiger partial charge on any atom is -0.375 e. The van der Waals surface area contributed by atoms with Gasteiger partial charge >= 0.3 is 0 Å². The second kappa shape index (κ2) is 7.35. The van der Waals surface area contributed by atoms with Crippen molar-refractivity contribution in [2.24, 2.45) is 0 Å². The van der Waals surface area contributed by atoms with Crippen LogP contribution in [0.1, 0.15) is 20.3 Å². The second-order valence-electron chi connectivity index (χ2n) is 5.30. The Hall–Kier alpha value is -1.47. The molecule has 0 radical (unpaired) electrons. The summed E-state index contributed by atoms with van der Waals surface area (Å²) in [6.07, 6.45) is 3.81. The van der Waals surface area contributed by atoms with E-state index in [1.807, 2.05) is 0 Å². The summed E-state index contributed by atoms with van der Waals surface area (Å²) in [5.74, 6) is 0.0284. The van der Waals surface area contributed by atoms with Gasteiger partial charge in [-0.15, -0.1) is 5.10 Å². The smallest absolute Gasteiger partial charge is 0.222 e. The van der Waals surface area contributed by atoms with E-state index in [0.717, 1.165) is 13.1 Å². The molecule has 0 saturated carbocycles. The molecular formula is C13H23N5O2. The Morgan fingerprint density at radius 3 is 3.10 bits per heavy atom. The van der Waals surface area contributed by atoms with Gasteiger partial charge in [-0.25, -0.2) is 0 Å². The van der Waals surface area contributed by atoms with Gasteiger partial charge in [0.05, 0.1) is 31.9 Å². The molecule has 1 N–H and O–H groups in total. The predicted octanol–water partition coefficient (Wildman–Crippen LogP) is -0.106. The van der Waals surface area contributed by atoms with Gasteiger partial charge in [0.2, 0.25) is 5.91 Å². The van der Waals surface area contributed by atoms with Gasteiger partial charge in [-0.2, -0.15) is 0 Å². The summed E-state index contributed by atoms with van der Waals surface area (Å²) in [7, 11) is 0. The molecule has 7 heteroatoms. The van der Waals surface area contributed by atoms with Crippen LogP contribution in [0.25, 0.3) is 0 Å². The summed E-state index contributed by atoms with van der Waals surface area (Å²) in [5.41, 5.74) is 0. The average molecular weight is 281 g/mol. The molecule has 7 nitrogen and oxygen atoms in total. The van der Waals surface area contributed by atoms with Crippen LogP contribution in [0.15, 0.2) is 12.4 Å². The van der Waals surface area contributed by atoms with Crippen LogP contribution in [0.5, 0.6) is 0 Å². The van der Waals surface area contributed by atoms with Crippen molar-refractivity contribution in [1.29, 1.82) is 0 Å². The van der Waals surface area contributed by atoms with Crippen LogP contribution in [0.2, 0.25) is 0 Å². The predicted molar refractivity (Wildman–Crippen MR) is 74.1 cm³/mol. The van der Waals surface area contributed by atoms with Crippen LogP contribution in [0.4, 0.5) is 0 Å². The minimum atomic E-state index is -0.00230. The topological polar surface area (TPSA) is 72.3 Å². The lowest BCUT2D eigenvalue weighted by atomic mass is 10.1. The third kappa shape index (κ3) is 4.57. The monoisotopic (exact) mass is 281 g/mol. The first-order valence-corrected chi connectivity index (χ1v) is 7.11. The number of hydrogen-bond donors (Lipinski definition) is 1. The van der Waals surface area contributed by atoms with E-state index in [1.54, 1.807) is 17.1 Å². The molecular weight excluding hydrogens is 258 g/mol. The van der Waals surface area contributed by atoms with Crippen molar-refractivity contribution in [3.8, 4) is 0 Å². The number of nitrogens with one attached hydrogen (secondary N) is 1. The molecule has 1 fully saturated rings. The summed E-state index contributed by atoms with van der Waals surface area (Å²) in [6.45, 7) is 8.00. The Morgan fingerprint density at radius 1 is 1.55 bits per heavy atom. The van der Waals surface area contributed by atoms with Crippen molar-refractivity contribution in [3.05, 3.63) is 12.4 Å². The van der Waals surface area contributed by atoms with Gasteiger partial charge < -0.3 is 10.1 Å². The number of nitrogens with zero attached hydrogens (tertiary/aromatic N) is 4. The summed E-state index contributed by atoms with van der Waals surface area (Å²) in [4.78, 5) is 14.2. The van der Waals surface area contributed by atoms with Crippen molar-refractivity contribution in [1.82, 2.24) is 25.2 Å². The molecule has 112 valence electrons. The Bertz CT molecular complexity index is 407. The van der Waals surface area contributed by atoms with Gasteiger partial charge in [-0.1, -0.05) is 5.21 Å². The van der Waals surface area contributed by atoms with Gasteiger partial charge in [-0.05, 0) is 13.8 Å². The number of ether oxygens (including phenoxy) is 1. The highest BCUT2D eigenvalue weighted by Crippen LogP contribution is 2.11. The van der Waals surface area contributed by atoms with Crippen molar-refractivity contribution < 1.29 is 9.53 Å². The maximum absolute atomic E-state index is 11.9. The lowest BCUT2D eigenvalue weighted by Crippen LogP contribution is -2.47. The molecule has 0 aromatic carbocycles. The van der Waals surface area contributed by atoms with Gasteiger partial charge in [0, 0.05) is 31.9 Å². The summed E-state index contributed by atoms with van der Waals surface area (Å²) in [6, 6.07) is 0.497. The molecule has 1 aromatic heterocycles. The fourth-order valence-electron chi connectivity index (χ4n) is 2.28. The molecule has 1 aromatic rings. The molecule has 1 aliphatic rings. The Kier molecular flexibility index (Phi) is 5.49. The van der Waals surface area contributed by atoms with Gasteiger partial charge in [0.25, 0.3) is 0 Å². The van der Waals surface area contributed by atoms with E-state index in [4.69, 9.17) is 4.74 Å². The maximum Gasteiger partial charge on any atom is 0.222 e. The van der Waals surface area contributed by atoms with Crippen molar-refractivity contribution in [2.75, 3.05) is 26.2 Å². The Balaban J connectivity index is 1.66. The standard InChI is InChI=1S/C13H23N5O2/c1-11(2)17-7-8-20-12(10-17)9-13(19)14-3-5-18-6-4-15-16-18/h4,6,11-12H,3,5,7-10H2,1-2H3,(H,14,19)/t12-/m1/s1. The number of carbonyl (C=O) groups is 1. The molecule has 0 bridgehead atoms. The van der Waals surface area contributed by atoms with Crippen LogP contribution in [0, 0.1) is 0 Å². The zero-order valence-corrected chi connectivity index (χ0v) is 12.2. The lowest BCUT2D eigenvalue weighted by molar-refractivity contribution is -0.126. The zero-order valence-electron chi connectivity index (χ0n) is 12.2. The number of amides is 1. The number of aromatic nitrogens is 3. The van der Waals surface area contributed by atoms with Crippen molar-refractivity contribution >= 4 is 5.91 Å². The number of morpholine rings is 1. The summed E-state index contributed by atoms with van der Waals surface area (Å²) in [5, 5.41) is 10.4. The van der Waals surface area contributed by atoms with E-state index in [9.17, 15) is 4.79 Å². The third-order valence-electron chi connectivity index (χ3n) is 3.45. The molecule has 0 aliphatic carbocycles. The van der Waals surface area contributed by atoms with Crippen LogP contribution in [0.3, 0.4) is 0 Å². The van der Waals surface area contributed by atoms with E-state index >= 15 is 0 Å². The highest BCUT2D eigenvalue weighted by atomic mass is 16.5. The number of carbonyl (C=O) groups excluding carboxylic acids is 1. The highest BCUT2D eigenvalue weighted by molar-refractivity contribution is 5.76. The van der Waals surface area contributed by atoms with Crippen molar-refractivity contribution in [3.63, 3.8) is 0 Å². The summed E-state index contributed by atoms with van der Waals surface area (Å²) < 4.78 is 7.34. The SMILES string of the molecule is CC(C)N1CCO[C@H](CC(=O)NCCn2ccnn2)C1.